The lowest BCUT2D eigenvalue weighted by molar-refractivity contribution is -0.113. The van der Waals surface area contributed by atoms with E-state index in [9.17, 15) is 4.79 Å². The largest absolute Gasteiger partial charge is 0.378 e. The van der Waals surface area contributed by atoms with Gasteiger partial charge in [-0.3, -0.25) is 4.79 Å². The van der Waals surface area contributed by atoms with Crippen LogP contribution in [0, 0.1) is 13.8 Å². The lowest BCUT2D eigenvalue weighted by atomic mass is 10.2. The van der Waals surface area contributed by atoms with E-state index in [4.69, 9.17) is 4.74 Å². The molecule has 0 radical (unpaired) electrons. The molecule has 162 valence electrons. The van der Waals surface area contributed by atoms with E-state index in [0.717, 1.165) is 33.1 Å². The number of ether oxygens (including phenoxy) is 1. The molecule has 1 aliphatic heterocycles. The zero-order chi connectivity index (χ0) is 21.6. The van der Waals surface area contributed by atoms with E-state index in [-0.39, 0.29) is 5.91 Å². The van der Waals surface area contributed by atoms with Crippen molar-refractivity contribution in [1.29, 1.82) is 0 Å². The number of nitrogens with one attached hydrogen (secondary N) is 1. The Morgan fingerprint density at radius 1 is 1.13 bits per heavy atom. The topological polar surface area (TPSA) is 67.4 Å². The Labute approximate surface area is 194 Å². The minimum Gasteiger partial charge on any atom is -0.378 e. The zero-order valence-electron chi connectivity index (χ0n) is 17.5. The van der Waals surface area contributed by atoms with Crippen LogP contribution in [0.2, 0.25) is 0 Å². The monoisotopic (exact) mass is 472 g/mol. The molecule has 1 aromatic heterocycles. The molecule has 1 fully saturated rings. The van der Waals surface area contributed by atoms with Crippen LogP contribution in [0.1, 0.15) is 11.1 Å². The van der Waals surface area contributed by atoms with Gasteiger partial charge in [0, 0.05) is 28.6 Å². The maximum absolute atomic E-state index is 12.3. The molecule has 1 aliphatic rings. The number of thioether (sulfide) groups is 1. The lowest BCUT2D eigenvalue weighted by Crippen LogP contribution is -2.36. The summed E-state index contributed by atoms with van der Waals surface area (Å²) in [6, 6.07) is 14.4. The highest BCUT2D eigenvalue weighted by atomic mass is 32.2. The molecule has 0 unspecified atom stereocenters. The van der Waals surface area contributed by atoms with Crippen LogP contribution in [0.4, 0.5) is 10.8 Å². The van der Waals surface area contributed by atoms with E-state index in [1.807, 2.05) is 24.3 Å². The number of carbonyl (C=O) groups excluding carboxylic acids is 1. The van der Waals surface area contributed by atoms with Crippen LogP contribution < -0.4 is 10.2 Å². The molecular weight excluding hydrogens is 448 g/mol. The fourth-order valence-corrected chi connectivity index (χ4v) is 5.71. The van der Waals surface area contributed by atoms with Gasteiger partial charge in [-0.15, -0.1) is 10.2 Å². The number of benzene rings is 2. The Kier molecular flexibility index (Phi) is 7.49. The maximum Gasteiger partial charge on any atom is 0.234 e. The highest BCUT2D eigenvalue weighted by molar-refractivity contribution is 8.01. The molecule has 0 aliphatic carbocycles. The summed E-state index contributed by atoms with van der Waals surface area (Å²) in [7, 11) is 0. The summed E-state index contributed by atoms with van der Waals surface area (Å²) < 4.78 is 6.17. The average Bonchev–Trinajstić information content (AvgIpc) is 3.26. The van der Waals surface area contributed by atoms with Crippen molar-refractivity contribution in [2.45, 2.75) is 28.0 Å². The van der Waals surface area contributed by atoms with Gasteiger partial charge in [0.15, 0.2) is 4.34 Å². The van der Waals surface area contributed by atoms with Crippen molar-refractivity contribution < 1.29 is 9.53 Å². The summed E-state index contributed by atoms with van der Waals surface area (Å²) in [6.45, 7) is 7.31. The number of carbonyl (C=O) groups is 1. The fourth-order valence-electron chi connectivity index (χ4n) is 3.02. The van der Waals surface area contributed by atoms with Crippen LogP contribution >= 0.6 is 34.9 Å². The molecular formula is C22H24N4O2S3. The van der Waals surface area contributed by atoms with Crippen molar-refractivity contribution >= 4 is 51.6 Å². The number of rotatable bonds is 7. The van der Waals surface area contributed by atoms with Crippen LogP contribution in [0.3, 0.4) is 0 Å². The fraction of sp³-hybridized carbons (Fsp3) is 0.318. The highest BCUT2D eigenvalue weighted by Crippen LogP contribution is 2.32. The minimum absolute atomic E-state index is 0.0527. The minimum atomic E-state index is -0.0527. The Hall–Kier alpha value is -2.07. The third-order valence-corrected chi connectivity index (χ3v) is 8.00. The summed E-state index contributed by atoms with van der Waals surface area (Å²) in [5, 5.41) is 12.3. The summed E-state index contributed by atoms with van der Waals surface area (Å²) in [5.74, 6) is 0.250. The van der Waals surface area contributed by atoms with Crippen molar-refractivity contribution in [3.63, 3.8) is 0 Å². The summed E-state index contributed by atoms with van der Waals surface area (Å²) in [4.78, 5) is 16.9. The van der Waals surface area contributed by atoms with Crippen LogP contribution in [-0.2, 0) is 9.53 Å². The molecule has 0 spiro atoms. The van der Waals surface area contributed by atoms with Crippen LogP contribution in [-0.4, -0.2) is 48.2 Å². The molecule has 1 N–H and O–H groups in total. The number of hydrogen-bond donors (Lipinski definition) is 1. The molecule has 1 amide bonds. The van der Waals surface area contributed by atoms with Crippen molar-refractivity contribution in [3.8, 4) is 0 Å². The van der Waals surface area contributed by atoms with Crippen molar-refractivity contribution in [2.75, 3.05) is 42.3 Å². The van der Waals surface area contributed by atoms with E-state index in [1.165, 1.54) is 39.1 Å². The quantitative estimate of drug-likeness (QED) is 0.492. The Bertz CT molecular complexity index is 1030. The van der Waals surface area contributed by atoms with E-state index in [1.54, 1.807) is 11.8 Å². The number of nitrogens with zero attached hydrogens (tertiary/aromatic N) is 3. The zero-order valence-corrected chi connectivity index (χ0v) is 19.9. The van der Waals surface area contributed by atoms with E-state index < -0.39 is 0 Å². The number of aromatic nitrogens is 2. The molecule has 9 heteroatoms. The van der Waals surface area contributed by atoms with Gasteiger partial charge in [-0.05, 0) is 55.3 Å². The highest BCUT2D eigenvalue weighted by Gasteiger charge is 2.16. The van der Waals surface area contributed by atoms with Crippen LogP contribution in [0.25, 0.3) is 0 Å². The number of morpholine rings is 1. The maximum atomic E-state index is 12.3. The van der Waals surface area contributed by atoms with Gasteiger partial charge in [0.05, 0.1) is 19.0 Å². The van der Waals surface area contributed by atoms with Crippen molar-refractivity contribution in [2.24, 2.45) is 0 Å². The number of aryl methyl sites for hydroxylation is 2. The lowest BCUT2D eigenvalue weighted by Gasteiger charge is -2.25. The summed E-state index contributed by atoms with van der Waals surface area (Å²) in [5.41, 5.74) is 3.31. The number of amides is 1. The van der Waals surface area contributed by atoms with Gasteiger partial charge in [-0.25, -0.2) is 0 Å². The molecule has 0 saturated carbocycles. The van der Waals surface area contributed by atoms with Gasteiger partial charge < -0.3 is 15.0 Å². The number of anilines is 2. The van der Waals surface area contributed by atoms with E-state index in [2.05, 4.69) is 52.5 Å². The molecule has 6 nitrogen and oxygen atoms in total. The molecule has 4 rings (SSSR count). The van der Waals surface area contributed by atoms with Gasteiger partial charge >= 0.3 is 0 Å². The van der Waals surface area contributed by atoms with Crippen molar-refractivity contribution in [1.82, 2.24) is 10.2 Å². The molecule has 3 aromatic rings. The SMILES string of the molecule is Cc1ccc(C)c(Sc2ccc(NC(=O)CSc3nnc(N4CCOCC4)s3)cc2)c1. The smallest absolute Gasteiger partial charge is 0.234 e. The first kappa shape index (κ1) is 22.1. The third-order valence-electron chi connectivity index (χ3n) is 4.71. The second-order valence-corrected chi connectivity index (χ2v) is 10.5. The Morgan fingerprint density at radius 2 is 1.90 bits per heavy atom. The van der Waals surface area contributed by atoms with Crippen LogP contribution in [0.5, 0.6) is 0 Å². The number of hydrogen-bond acceptors (Lipinski definition) is 8. The first-order chi connectivity index (χ1) is 15.1. The average molecular weight is 473 g/mol. The Morgan fingerprint density at radius 3 is 2.68 bits per heavy atom. The third kappa shape index (κ3) is 6.22. The first-order valence-corrected chi connectivity index (χ1v) is 12.6. The second kappa shape index (κ2) is 10.5. The van der Waals surface area contributed by atoms with E-state index in [0.29, 0.717) is 19.0 Å². The second-order valence-electron chi connectivity index (χ2n) is 7.18. The molecule has 0 atom stereocenters. The normalized spacial score (nSPS) is 13.9. The molecule has 31 heavy (non-hydrogen) atoms. The summed E-state index contributed by atoms with van der Waals surface area (Å²) >= 11 is 4.67. The standard InChI is InChI=1S/C22H24N4O2S3/c1-15-3-4-16(2)19(13-15)30-18-7-5-17(6-8-18)23-20(27)14-29-22-25-24-21(31-22)26-9-11-28-12-10-26/h3-8,13H,9-12,14H2,1-2H3,(H,23,27). The molecule has 0 bridgehead atoms. The van der Waals surface area contributed by atoms with E-state index >= 15 is 0 Å². The first-order valence-electron chi connectivity index (χ1n) is 10.0. The van der Waals surface area contributed by atoms with Gasteiger partial charge in [-0.1, -0.05) is 47.0 Å². The van der Waals surface area contributed by atoms with Gasteiger partial charge in [0.2, 0.25) is 11.0 Å². The van der Waals surface area contributed by atoms with Crippen LogP contribution in [0.15, 0.2) is 56.6 Å². The van der Waals surface area contributed by atoms with Gasteiger partial charge in [-0.2, -0.15) is 0 Å². The molecule has 2 aromatic carbocycles. The molecule has 2 heterocycles. The van der Waals surface area contributed by atoms with Gasteiger partial charge in [0.1, 0.15) is 0 Å². The molecule has 1 saturated heterocycles. The van der Waals surface area contributed by atoms with Gasteiger partial charge in [0.25, 0.3) is 0 Å². The predicted molar refractivity (Wildman–Crippen MR) is 129 cm³/mol. The predicted octanol–water partition coefficient (Wildman–Crippen LogP) is 4.87. The van der Waals surface area contributed by atoms with Crippen molar-refractivity contribution in [3.05, 3.63) is 53.6 Å². The Balaban J connectivity index is 1.27. The summed E-state index contributed by atoms with van der Waals surface area (Å²) in [6.07, 6.45) is 0.